The lowest BCUT2D eigenvalue weighted by molar-refractivity contribution is 0.0786. The third kappa shape index (κ3) is 2.36. The van der Waals surface area contributed by atoms with E-state index in [1.54, 1.807) is 5.57 Å². The second-order valence-corrected chi connectivity index (χ2v) is 15.5. The van der Waals surface area contributed by atoms with Crippen LogP contribution < -0.4 is 0 Å². The van der Waals surface area contributed by atoms with Crippen molar-refractivity contribution in [3.8, 4) is 0 Å². The lowest BCUT2D eigenvalue weighted by Crippen LogP contribution is -2.48. The largest absolute Gasteiger partial charge is 0.413 e. The summed E-state index contributed by atoms with van der Waals surface area (Å²) in [5, 5.41) is 0.312. The summed E-state index contributed by atoms with van der Waals surface area (Å²) in [5.74, 6) is 0.864. The third-order valence-corrected chi connectivity index (χ3v) is 11.9. The van der Waals surface area contributed by atoms with E-state index in [1.165, 1.54) is 32.1 Å². The summed E-state index contributed by atoms with van der Waals surface area (Å²) in [6.45, 7) is 19.4. The Morgan fingerprint density at radius 2 is 1.68 bits per heavy atom. The second-order valence-electron chi connectivity index (χ2n) is 10.7. The highest BCUT2D eigenvalue weighted by atomic mass is 28.4. The van der Waals surface area contributed by atoms with E-state index in [0.717, 1.165) is 5.92 Å². The van der Waals surface area contributed by atoms with E-state index in [2.05, 4.69) is 54.6 Å². The smallest absolute Gasteiger partial charge is 0.192 e. The zero-order valence-electron chi connectivity index (χ0n) is 16.1. The first kappa shape index (κ1) is 16.8. The van der Waals surface area contributed by atoms with Crippen LogP contribution in [-0.2, 0) is 4.43 Å². The van der Waals surface area contributed by atoms with Gasteiger partial charge in [0, 0.05) is 5.41 Å². The monoisotopic (exact) mass is 320 g/mol. The van der Waals surface area contributed by atoms with Crippen molar-refractivity contribution < 1.29 is 4.43 Å². The SMILES string of the molecule is CC1(C)CC2=C(C1)C1(C)C(CCC1O[Si](C)(C)C(C)(C)C)C2. The molecule has 0 aromatic heterocycles. The lowest BCUT2D eigenvalue weighted by atomic mass is 9.72. The van der Waals surface area contributed by atoms with Crippen LogP contribution in [0.15, 0.2) is 11.1 Å². The zero-order chi connectivity index (χ0) is 16.6. The van der Waals surface area contributed by atoms with E-state index in [9.17, 15) is 0 Å². The standard InChI is InChI=1S/C20H36OSi/c1-18(2,3)22(7,8)21-17-10-9-15-11-14-12-19(4,5)13-16(14)20(15,17)6/h15,17H,9-13H2,1-8H3. The highest BCUT2D eigenvalue weighted by molar-refractivity contribution is 6.74. The molecule has 3 atom stereocenters. The highest BCUT2D eigenvalue weighted by Gasteiger charge is 2.58. The molecule has 0 amide bonds. The van der Waals surface area contributed by atoms with Crippen LogP contribution in [-0.4, -0.2) is 14.4 Å². The topological polar surface area (TPSA) is 9.23 Å². The number of fused-ring (bicyclic) bond motifs is 2. The summed E-state index contributed by atoms with van der Waals surface area (Å²) in [5.41, 5.74) is 4.45. The van der Waals surface area contributed by atoms with Crippen LogP contribution in [0.25, 0.3) is 0 Å². The average molecular weight is 321 g/mol. The molecule has 0 aliphatic heterocycles. The molecular formula is C20H36OSi. The quantitative estimate of drug-likeness (QED) is 0.427. The van der Waals surface area contributed by atoms with Gasteiger partial charge in [-0.15, -0.1) is 0 Å². The highest BCUT2D eigenvalue weighted by Crippen LogP contribution is 2.65. The molecule has 0 N–H and O–H groups in total. The average Bonchev–Trinajstić information content (AvgIpc) is 2.86. The minimum absolute atomic E-state index is 0.312. The van der Waals surface area contributed by atoms with Gasteiger partial charge in [0.1, 0.15) is 0 Å². The van der Waals surface area contributed by atoms with Crippen LogP contribution in [0.4, 0.5) is 0 Å². The fourth-order valence-electron chi connectivity index (χ4n) is 5.10. The van der Waals surface area contributed by atoms with E-state index < -0.39 is 8.32 Å². The van der Waals surface area contributed by atoms with Crippen LogP contribution in [0.2, 0.25) is 18.1 Å². The number of rotatable bonds is 2. The molecule has 3 unspecified atom stereocenters. The Kier molecular flexibility index (Phi) is 3.60. The van der Waals surface area contributed by atoms with Crippen LogP contribution in [0, 0.1) is 16.7 Å². The van der Waals surface area contributed by atoms with Crippen molar-refractivity contribution in [3.63, 3.8) is 0 Å². The van der Waals surface area contributed by atoms with E-state index in [-0.39, 0.29) is 0 Å². The predicted octanol–water partition coefficient (Wildman–Crippen LogP) is 6.31. The Hall–Kier alpha value is -0.0831. The molecule has 0 aromatic rings. The Labute approximate surface area is 139 Å². The molecular weight excluding hydrogens is 284 g/mol. The van der Waals surface area contributed by atoms with Crippen LogP contribution in [0.3, 0.4) is 0 Å². The summed E-state index contributed by atoms with van der Waals surface area (Å²) in [6.07, 6.45) is 7.15. The Bertz CT molecular complexity index is 508. The van der Waals surface area contributed by atoms with Gasteiger partial charge in [0.05, 0.1) is 6.10 Å². The maximum Gasteiger partial charge on any atom is 0.192 e. The van der Waals surface area contributed by atoms with Gasteiger partial charge in [0.2, 0.25) is 0 Å². The first-order chi connectivity index (χ1) is 9.87. The third-order valence-electron chi connectivity index (χ3n) is 7.45. The fraction of sp³-hybridized carbons (Fsp3) is 0.900. The minimum atomic E-state index is -1.68. The second kappa shape index (κ2) is 4.72. The molecule has 0 spiro atoms. The van der Waals surface area contributed by atoms with Crippen molar-refractivity contribution in [2.45, 2.75) is 97.9 Å². The minimum Gasteiger partial charge on any atom is -0.413 e. The molecule has 2 heteroatoms. The molecule has 0 bridgehead atoms. The Morgan fingerprint density at radius 3 is 2.27 bits per heavy atom. The van der Waals surface area contributed by atoms with E-state index in [0.29, 0.717) is 22.0 Å². The molecule has 1 fully saturated rings. The normalized spacial score (nSPS) is 37.6. The van der Waals surface area contributed by atoms with E-state index >= 15 is 0 Å². The molecule has 3 aliphatic rings. The molecule has 3 rings (SSSR count). The fourth-order valence-corrected chi connectivity index (χ4v) is 6.53. The van der Waals surface area contributed by atoms with Gasteiger partial charge < -0.3 is 4.43 Å². The summed E-state index contributed by atoms with van der Waals surface area (Å²) in [4.78, 5) is 0. The van der Waals surface area contributed by atoms with Gasteiger partial charge in [-0.2, -0.15) is 0 Å². The summed E-state index contributed by atoms with van der Waals surface area (Å²) < 4.78 is 6.96. The summed E-state index contributed by atoms with van der Waals surface area (Å²) >= 11 is 0. The van der Waals surface area contributed by atoms with Gasteiger partial charge in [0.15, 0.2) is 8.32 Å². The zero-order valence-corrected chi connectivity index (χ0v) is 17.1. The van der Waals surface area contributed by atoms with Gasteiger partial charge in [0.25, 0.3) is 0 Å². The summed E-state index contributed by atoms with van der Waals surface area (Å²) in [7, 11) is -1.68. The van der Waals surface area contributed by atoms with Crippen LogP contribution in [0.5, 0.6) is 0 Å². The van der Waals surface area contributed by atoms with Gasteiger partial charge in [-0.1, -0.05) is 52.7 Å². The molecule has 0 radical (unpaired) electrons. The van der Waals surface area contributed by atoms with Gasteiger partial charge in [-0.05, 0) is 61.6 Å². The molecule has 0 saturated heterocycles. The first-order valence-electron chi connectivity index (χ1n) is 9.26. The van der Waals surface area contributed by atoms with Crippen molar-refractivity contribution in [3.05, 3.63) is 11.1 Å². The van der Waals surface area contributed by atoms with Crippen molar-refractivity contribution in [1.82, 2.24) is 0 Å². The van der Waals surface area contributed by atoms with Crippen LogP contribution in [0.1, 0.15) is 73.6 Å². The molecule has 1 nitrogen and oxygen atoms in total. The molecule has 0 aromatic carbocycles. The van der Waals surface area contributed by atoms with E-state index in [4.69, 9.17) is 4.43 Å². The molecule has 1 saturated carbocycles. The number of hydrogen-bond donors (Lipinski definition) is 0. The van der Waals surface area contributed by atoms with Gasteiger partial charge in [-0.25, -0.2) is 0 Å². The first-order valence-corrected chi connectivity index (χ1v) is 12.2. The van der Waals surface area contributed by atoms with Crippen LogP contribution >= 0.6 is 0 Å². The molecule has 126 valence electrons. The maximum atomic E-state index is 6.96. The number of hydrogen-bond acceptors (Lipinski definition) is 1. The van der Waals surface area contributed by atoms with Crippen molar-refractivity contribution in [1.29, 1.82) is 0 Å². The Balaban J connectivity index is 1.87. The molecule has 0 heterocycles. The van der Waals surface area contributed by atoms with Gasteiger partial charge in [-0.3, -0.25) is 0 Å². The summed E-state index contributed by atoms with van der Waals surface area (Å²) in [6, 6.07) is 0. The van der Waals surface area contributed by atoms with Crippen molar-refractivity contribution in [2.24, 2.45) is 16.7 Å². The van der Waals surface area contributed by atoms with Crippen molar-refractivity contribution >= 4 is 8.32 Å². The van der Waals surface area contributed by atoms with Crippen molar-refractivity contribution in [2.75, 3.05) is 0 Å². The Morgan fingerprint density at radius 1 is 1.05 bits per heavy atom. The lowest BCUT2D eigenvalue weighted by Gasteiger charge is -2.44. The van der Waals surface area contributed by atoms with Gasteiger partial charge >= 0.3 is 0 Å². The molecule has 3 aliphatic carbocycles. The molecule has 22 heavy (non-hydrogen) atoms. The van der Waals surface area contributed by atoms with E-state index in [1.807, 2.05) is 5.57 Å². The maximum absolute atomic E-state index is 6.96. The predicted molar refractivity (Wildman–Crippen MR) is 97.6 cm³/mol. The number of allylic oxidation sites excluding steroid dienone is 1.